The van der Waals surface area contributed by atoms with Crippen LogP contribution in [0.1, 0.15) is 17.8 Å². The summed E-state index contributed by atoms with van der Waals surface area (Å²) >= 11 is 1.68. The standard InChI is InChI=1S/C20H24N4O2S/c1-12-11-27-20-18(12)19(21-13(2)22-20)23-14-5-6-24(10-14)15-7-16(25-3)9-17(8-15)26-4/h7-9,11,14H,5-6,10H2,1-4H3,(H,21,22,23). The molecule has 7 heteroatoms. The highest BCUT2D eigenvalue weighted by Gasteiger charge is 2.25. The third-order valence-electron chi connectivity index (χ3n) is 4.96. The third kappa shape index (κ3) is 3.51. The Morgan fingerprint density at radius 2 is 1.85 bits per heavy atom. The monoisotopic (exact) mass is 384 g/mol. The van der Waals surface area contributed by atoms with Gasteiger partial charge in [0.1, 0.15) is 28.0 Å². The van der Waals surface area contributed by atoms with Crippen molar-refractivity contribution in [2.24, 2.45) is 0 Å². The summed E-state index contributed by atoms with van der Waals surface area (Å²) in [5.74, 6) is 3.37. The fraction of sp³-hybridized carbons (Fsp3) is 0.400. The number of nitrogens with one attached hydrogen (secondary N) is 1. The Hall–Kier alpha value is -2.54. The minimum atomic E-state index is 0.332. The van der Waals surface area contributed by atoms with Gasteiger partial charge in [-0.3, -0.25) is 0 Å². The molecule has 27 heavy (non-hydrogen) atoms. The second kappa shape index (κ2) is 7.23. The summed E-state index contributed by atoms with van der Waals surface area (Å²) in [5.41, 5.74) is 2.34. The molecule has 4 rings (SSSR count). The second-order valence-electron chi connectivity index (χ2n) is 6.87. The summed E-state index contributed by atoms with van der Waals surface area (Å²) in [4.78, 5) is 12.6. The molecule has 3 aromatic rings. The van der Waals surface area contributed by atoms with E-state index in [1.807, 2.05) is 13.0 Å². The van der Waals surface area contributed by atoms with Crippen molar-refractivity contribution in [3.05, 3.63) is 35.0 Å². The molecule has 2 aromatic heterocycles. The molecule has 6 nitrogen and oxygen atoms in total. The molecule has 3 heterocycles. The predicted octanol–water partition coefficient (Wildman–Crippen LogP) is 4.02. The van der Waals surface area contributed by atoms with E-state index in [0.29, 0.717) is 6.04 Å². The first-order chi connectivity index (χ1) is 13.1. The summed E-state index contributed by atoms with van der Waals surface area (Å²) < 4.78 is 10.8. The lowest BCUT2D eigenvalue weighted by atomic mass is 10.2. The van der Waals surface area contributed by atoms with Crippen LogP contribution >= 0.6 is 11.3 Å². The van der Waals surface area contributed by atoms with Crippen LogP contribution in [-0.4, -0.2) is 43.3 Å². The maximum absolute atomic E-state index is 5.41. The van der Waals surface area contributed by atoms with Crippen LogP contribution in [0.5, 0.6) is 11.5 Å². The highest BCUT2D eigenvalue weighted by atomic mass is 32.1. The van der Waals surface area contributed by atoms with Crippen LogP contribution in [0.3, 0.4) is 0 Å². The molecule has 1 aliphatic heterocycles. The lowest BCUT2D eigenvalue weighted by molar-refractivity contribution is 0.394. The maximum Gasteiger partial charge on any atom is 0.139 e. The quantitative estimate of drug-likeness (QED) is 0.717. The molecule has 1 N–H and O–H groups in total. The Morgan fingerprint density at radius 3 is 2.56 bits per heavy atom. The highest BCUT2D eigenvalue weighted by molar-refractivity contribution is 7.17. The normalized spacial score (nSPS) is 16.7. The molecule has 0 spiro atoms. The van der Waals surface area contributed by atoms with Crippen LogP contribution in [-0.2, 0) is 0 Å². The molecule has 1 aromatic carbocycles. The minimum absolute atomic E-state index is 0.332. The van der Waals surface area contributed by atoms with Gasteiger partial charge in [0, 0.05) is 43.0 Å². The van der Waals surface area contributed by atoms with E-state index in [0.717, 1.165) is 58.6 Å². The molecule has 1 saturated heterocycles. The molecule has 0 aliphatic carbocycles. The SMILES string of the molecule is COc1cc(OC)cc(N2CCC(Nc3nc(C)nc4scc(C)c34)C2)c1. The number of nitrogens with zero attached hydrogens (tertiary/aromatic N) is 3. The smallest absolute Gasteiger partial charge is 0.139 e. The molecular formula is C20H24N4O2S. The fourth-order valence-electron chi connectivity index (χ4n) is 3.58. The van der Waals surface area contributed by atoms with E-state index in [-0.39, 0.29) is 0 Å². The zero-order valence-corrected chi connectivity index (χ0v) is 16.9. The molecule has 1 fully saturated rings. The average Bonchev–Trinajstić information content (AvgIpc) is 3.28. The van der Waals surface area contributed by atoms with Crippen molar-refractivity contribution in [2.75, 3.05) is 37.5 Å². The number of hydrogen-bond acceptors (Lipinski definition) is 7. The van der Waals surface area contributed by atoms with Crippen molar-refractivity contribution in [3.8, 4) is 11.5 Å². The van der Waals surface area contributed by atoms with E-state index in [1.165, 1.54) is 5.56 Å². The molecule has 0 saturated carbocycles. The van der Waals surface area contributed by atoms with Crippen LogP contribution in [0.2, 0.25) is 0 Å². The number of fused-ring (bicyclic) bond motifs is 1. The average molecular weight is 385 g/mol. The zero-order valence-electron chi connectivity index (χ0n) is 16.1. The van der Waals surface area contributed by atoms with Gasteiger partial charge in [0.05, 0.1) is 19.6 Å². The van der Waals surface area contributed by atoms with Crippen molar-refractivity contribution >= 4 is 33.1 Å². The number of methoxy groups -OCH3 is 2. The lowest BCUT2D eigenvalue weighted by Crippen LogP contribution is -2.26. The first-order valence-corrected chi connectivity index (χ1v) is 9.92. The summed E-state index contributed by atoms with van der Waals surface area (Å²) in [5, 5.41) is 6.95. The number of rotatable bonds is 5. The van der Waals surface area contributed by atoms with Crippen molar-refractivity contribution in [2.45, 2.75) is 26.3 Å². The molecule has 0 radical (unpaired) electrons. The van der Waals surface area contributed by atoms with Crippen LogP contribution < -0.4 is 19.7 Å². The first-order valence-electron chi connectivity index (χ1n) is 9.04. The number of aryl methyl sites for hydroxylation is 2. The Balaban J connectivity index is 1.55. The summed E-state index contributed by atoms with van der Waals surface area (Å²) in [6, 6.07) is 6.34. The molecule has 1 aliphatic rings. The number of hydrogen-bond donors (Lipinski definition) is 1. The van der Waals surface area contributed by atoms with Gasteiger partial charge in [-0.05, 0) is 31.2 Å². The second-order valence-corrected chi connectivity index (χ2v) is 7.72. The van der Waals surface area contributed by atoms with Gasteiger partial charge < -0.3 is 19.7 Å². The highest BCUT2D eigenvalue weighted by Crippen LogP contribution is 2.33. The van der Waals surface area contributed by atoms with Gasteiger partial charge in [0.25, 0.3) is 0 Å². The third-order valence-corrected chi connectivity index (χ3v) is 5.95. The molecular weight excluding hydrogens is 360 g/mol. The van der Waals surface area contributed by atoms with E-state index in [1.54, 1.807) is 25.6 Å². The maximum atomic E-state index is 5.41. The van der Waals surface area contributed by atoms with Gasteiger partial charge in [0.15, 0.2) is 0 Å². The lowest BCUT2D eigenvalue weighted by Gasteiger charge is -2.21. The number of benzene rings is 1. The first kappa shape index (κ1) is 17.9. The van der Waals surface area contributed by atoms with Gasteiger partial charge >= 0.3 is 0 Å². The number of thiophene rings is 1. The number of aromatic nitrogens is 2. The number of anilines is 2. The molecule has 0 amide bonds. The van der Waals surface area contributed by atoms with E-state index in [2.05, 4.69) is 44.6 Å². The van der Waals surface area contributed by atoms with Crippen molar-refractivity contribution in [1.29, 1.82) is 0 Å². The Bertz CT molecular complexity index is 950. The van der Waals surface area contributed by atoms with E-state index >= 15 is 0 Å². The van der Waals surface area contributed by atoms with Crippen molar-refractivity contribution in [3.63, 3.8) is 0 Å². The molecule has 1 unspecified atom stereocenters. The van der Waals surface area contributed by atoms with Gasteiger partial charge in [-0.1, -0.05) is 0 Å². The van der Waals surface area contributed by atoms with Crippen molar-refractivity contribution < 1.29 is 9.47 Å². The summed E-state index contributed by atoms with van der Waals surface area (Å²) in [6.45, 7) is 5.95. The Morgan fingerprint density at radius 1 is 1.11 bits per heavy atom. The number of ether oxygens (including phenoxy) is 2. The molecule has 142 valence electrons. The van der Waals surface area contributed by atoms with E-state index in [4.69, 9.17) is 9.47 Å². The van der Waals surface area contributed by atoms with Crippen LogP contribution in [0.4, 0.5) is 11.5 Å². The largest absolute Gasteiger partial charge is 0.497 e. The fourth-order valence-corrected chi connectivity index (χ4v) is 4.54. The Kier molecular flexibility index (Phi) is 4.78. The zero-order chi connectivity index (χ0) is 19.0. The van der Waals surface area contributed by atoms with Crippen LogP contribution in [0.15, 0.2) is 23.6 Å². The van der Waals surface area contributed by atoms with Gasteiger partial charge in [0.2, 0.25) is 0 Å². The van der Waals surface area contributed by atoms with Crippen molar-refractivity contribution in [1.82, 2.24) is 9.97 Å². The van der Waals surface area contributed by atoms with E-state index in [9.17, 15) is 0 Å². The summed E-state index contributed by atoms with van der Waals surface area (Å²) in [6.07, 6.45) is 1.05. The van der Waals surface area contributed by atoms with Gasteiger partial charge in [-0.2, -0.15) is 0 Å². The minimum Gasteiger partial charge on any atom is -0.497 e. The van der Waals surface area contributed by atoms with Crippen LogP contribution in [0, 0.1) is 13.8 Å². The van der Waals surface area contributed by atoms with Gasteiger partial charge in [-0.25, -0.2) is 9.97 Å². The predicted molar refractivity (Wildman–Crippen MR) is 111 cm³/mol. The summed E-state index contributed by atoms with van der Waals surface area (Å²) in [7, 11) is 3.36. The topological polar surface area (TPSA) is 59.5 Å². The van der Waals surface area contributed by atoms with Gasteiger partial charge in [-0.15, -0.1) is 11.3 Å². The van der Waals surface area contributed by atoms with Crippen LogP contribution in [0.25, 0.3) is 10.2 Å². The molecule has 1 atom stereocenters. The molecule has 0 bridgehead atoms. The Labute approximate surface area is 163 Å². The van der Waals surface area contributed by atoms with E-state index < -0.39 is 0 Å².